The van der Waals surface area contributed by atoms with Crippen LogP contribution in [-0.4, -0.2) is 23.9 Å². The van der Waals surface area contributed by atoms with Gasteiger partial charge in [0.25, 0.3) is 5.91 Å². The molecule has 1 atom stereocenters. The van der Waals surface area contributed by atoms with Crippen LogP contribution in [0, 0.1) is 23.1 Å². The Hall–Kier alpha value is -2.13. The minimum atomic E-state index is -0.422. The number of benzene rings is 1. The predicted molar refractivity (Wildman–Crippen MR) is 82.5 cm³/mol. The van der Waals surface area contributed by atoms with Crippen molar-refractivity contribution in [1.29, 1.82) is 5.26 Å². The zero-order chi connectivity index (χ0) is 15.6. The lowest BCUT2D eigenvalue weighted by Crippen LogP contribution is -2.34. The van der Waals surface area contributed by atoms with Crippen molar-refractivity contribution in [2.45, 2.75) is 13.8 Å². The first-order valence-electron chi connectivity index (χ1n) is 6.65. The second-order valence-corrected chi connectivity index (χ2v) is 5.88. The lowest BCUT2D eigenvalue weighted by atomic mass is 10.1. The molecule has 0 aliphatic carbocycles. The van der Waals surface area contributed by atoms with Crippen molar-refractivity contribution in [2.75, 3.05) is 18.8 Å². The van der Waals surface area contributed by atoms with E-state index >= 15 is 0 Å². The number of thiophene rings is 1. The number of fused-ring (bicyclic) bond motifs is 1. The van der Waals surface area contributed by atoms with E-state index in [9.17, 15) is 9.18 Å². The molecule has 1 aromatic carbocycles. The summed E-state index contributed by atoms with van der Waals surface area (Å²) in [6, 6.07) is 6.77. The van der Waals surface area contributed by atoms with E-state index in [1.54, 1.807) is 24.0 Å². The summed E-state index contributed by atoms with van der Waals surface area (Å²) in [5.41, 5.74) is 6.14. The number of anilines is 1. The number of carbonyl (C=O) groups excluding carboxylic acids is 1. The molecule has 0 spiro atoms. The molecule has 2 aromatic rings. The van der Waals surface area contributed by atoms with Crippen LogP contribution in [0.15, 0.2) is 18.2 Å². The highest BCUT2D eigenvalue weighted by Crippen LogP contribution is 2.36. The third-order valence-electron chi connectivity index (χ3n) is 3.28. The van der Waals surface area contributed by atoms with Crippen molar-refractivity contribution in [1.82, 2.24) is 4.90 Å². The Labute approximate surface area is 126 Å². The second-order valence-electron chi connectivity index (χ2n) is 4.83. The zero-order valence-electron chi connectivity index (χ0n) is 11.9. The molecule has 6 heteroatoms. The maximum Gasteiger partial charge on any atom is 0.266 e. The van der Waals surface area contributed by atoms with Crippen LogP contribution in [-0.2, 0) is 0 Å². The molecule has 1 heterocycles. The van der Waals surface area contributed by atoms with Crippen LogP contribution >= 0.6 is 11.3 Å². The summed E-state index contributed by atoms with van der Waals surface area (Å²) in [6.07, 6.45) is 0. The topological polar surface area (TPSA) is 70.1 Å². The van der Waals surface area contributed by atoms with Gasteiger partial charge < -0.3 is 10.6 Å². The first kappa shape index (κ1) is 15.3. The van der Waals surface area contributed by atoms with E-state index in [0.717, 1.165) is 0 Å². The molecule has 0 bridgehead atoms. The molecule has 2 rings (SSSR count). The highest BCUT2D eigenvalue weighted by molar-refractivity contribution is 7.21. The standard InChI is InChI=1S/C15H16FN3OS/c1-3-19(8-9(2)7-17)15(20)14-13(18)12-10(16)5-4-6-11(12)21-14/h4-6,9H,3,8,18H2,1-2H3. The number of amides is 1. The van der Waals surface area contributed by atoms with Gasteiger partial charge >= 0.3 is 0 Å². The van der Waals surface area contributed by atoms with Crippen LogP contribution in [0.1, 0.15) is 23.5 Å². The van der Waals surface area contributed by atoms with E-state index < -0.39 is 5.82 Å². The van der Waals surface area contributed by atoms with Crippen molar-refractivity contribution >= 4 is 33.0 Å². The largest absolute Gasteiger partial charge is 0.397 e. The Morgan fingerprint density at radius 3 is 2.86 bits per heavy atom. The van der Waals surface area contributed by atoms with Crippen LogP contribution in [0.5, 0.6) is 0 Å². The molecule has 1 aromatic heterocycles. The third kappa shape index (κ3) is 2.83. The monoisotopic (exact) mass is 305 g/mol. The fraction of sp³-hybridized carbons (Fsp3) is 0.333. The minimum absolute atomic E-state index is 0.182. The average molecular weight is 305 g/mol. The number of carbonyl (C=O) groups is 1. The molecule has 0 fully saturated rings. The Bertz CT molecular complexity index is 720. The van der Waals surface area contributed by atoms with E-state index in [-0.39, 0.29) is 17.5 Å². The molecule has 4 nitrogen and oxygen atoms in total. The smallest absolute Gasteiger partial charge is 0.266 e. The molecule has 1 unspecified atom stereocenters. The maximum atomic E-state index is 13.8. The van der Waals surface area contributed by atoms with Crippen molar-refractivity contribution in [2.24, 2.45) is 5.92 Å². The van der Waals surface area contributed by atoms with Crippen LogP contribution in [0.4, 0.5) is 10.1 Å². The molecule has 21 heavy (non-hydrogen) atoms. The Kier molecular flexibility index (Phi) is 4.43. The lowest BCUT2D eigenvalue weighted by Gasteiger charge is -2.21. The van der Waals surface area contributed by atoms with Gasteiger partial charge in [-0.2, -0.15) is 5.26 Å². The molecular formula is C15H16FN3OS. The average Bonchev–Trinajstić information content (AvgIpc) is 2.82. The van der Waals surface area contributed by atoms with E-state index in [0.29, 0.717) is 28.1 Å². The summed E-state index contributed by atoms with van der Waals surface area (Å²) >= 11 is 1.19. The van der Waals surface area contributed by atoms with E-state index in [2.05, 4.69) is 6.07 Å². The zero-order valence-corrected chi connectivity index (χ0v) is 12.7. The number of halogens is 1. The maximum absolute atomic E-state index is 13.8. The highest BCUT2D eigenvalue weighted by atomic mass is 32.1. The van der Waals surface area contributed by atoms with Crippen LogP contribution < -0.4 is 5.73 Å². The second kappa shape index (κ2) is 6.10. The molecular weight excluding hydrogens is 289 g/mol. The summed E-state index contributed by atoms with van der Waals surface area (Å²) < 4.78 is 14.5. The quantitative estimate of drug-likeness (QED) is 0.942. The molecule has 0 radical (unpaired) electrons. The third-order valence-corrected chi connectivity index (χ3v) is 4.44. The molecule has 0 saturated heterocycles. The molecule has 0 aliphatic rings. The van der Waals surface area contributed by atoms with Crippen molar-refractivity contribution < 1.29 is 9.18 Å². The summed E-state index contributed by atoms with van der Waals surface area (Å²) in [4.78, 5) is 14.5. The van der Waals surface area contributed by atoms with E-state index in [1.807, 2.05) is 6.92 Å². The number of hydrogen-bond acceptors (Lipinski definition) is 4. The fourth-order valence-corrected chi connectivity index (χ4v) is 3.26. The number of nitriles is 1. The van der Waals surface area contributed by atoms with Gasteiger partial charge in [-0.25, -0.2) is 4.39 Å². The van der Waals surface area contributed by atoms with Gasteiger partial charge in [0, 0.05) is 17.8 Å². The normalized spacial score (nSPS) is 12.1. The van der Waals surface area contributed by atoms with Crippen LogP contribution in [0.2, 0.25) is 0 Å². The van der Waals surface area contributed by atoms with Gasteiger partial charge in [-0.05, 0) is 26.0 Å². The van der Waals surface area contributed by atoms with Crippen molar-refractivity contribution in [3.8, 4) is 6.07 Å². The van der Waals surface area contributed by atoms with Gasteiger partial charge in [-0.3, -0.25) is 4.79 Å². The first-order chi connectivity index (χ1) is 9.99. The summed E-state index contributed by atoms with van der Waals surface area (Å²) in [6.45, 7) is 4.40. The van der Waals surface area contributed by atoms with Crippen molar-refractivity contribution in [3.63, 3.8) is 0 Å². The minimum Gasteiger partial charge on any atom is -0.397 e. The van der Waals surface area contributed by atoms with Gasteiger partial charge in [0.2, 0.25) is 0 Å². The number of nitrogens with two attached hydrogens (primary N) is 1. The number of nitrogen functional groups attached to an aromatic ring is 1. The predicted octanol–water partition coefficient (Wildman–Crippen LogP) is 3.24. The SMILES string of the molecule is CCN(CC(C)C#N)C(=O)c1sc2cccc(F)c2c1N. The number of nitrogens with zero attached hydrogens (tertiary/aromatic N) is 2. The van der Waals surface area contributed by atoms with Crippen LogP contribution in [0.3, 0.4) is 0 Å². The Morgan fingerprint density at radius 2 is 2.29 bits per heavy atom. The van der Waals surface area contributed by atoms with Crippen molar-refractivity contribution in [3.05, 3.63) is 28.9 Å². The van der Waals surface area contributed by atoms with E-state index in [4.69, 9.17) is 11.0 Å². The highest BCUT2D eigenvalue weighted by Gasteiger charge is 2.23. The summed E-state index contributed by atoms with van der Waals surface area (Å²) in [5.74, 6) is -0.937. The Balaban J connectivity index is 2.41. The molecule has 0 aliphatic heterocycles. The van der Waals surface area contributed by atoms with E-state index in [1.165, 1.54) is 17.4 Å². The van der Waals surface area contributed by atoms with Gasteiger partial charge in [-0.15, -0.1) is 11.3 Å². The molecule has 1 amide bonds. The van der Waals surface area contributed by atoms with Gasteiger partial charge in [0.15, 0.2) is 0 Å². The van der Waals surface area contributed by atoms with Gasteiger partial charge in [0.1, 0.15) is 10.7 Å². The number of rotatable bonds is 4. The lowest BCUT2D eigenvalue weighted by molar-refractivity contribution is 0.0758. The van der Waals surface area contributed by atoms with Gasteiger partial charge in [-0.1, -0.05) is 6.07 Å². The first-order valence-corrected chi connectivity index (χ1v) is 7.46. The molecule has 2 N–H and O–H groups in total. The fourth-order valence-electron chi connectivity index (χ4n) is 2.16. The summed E-state index contributed by atoms with van der Waals surface area (Å²) in [7, 11) is 0. The number of hydrogen-bond donors (Lipinski definition) is 1. The molecule has 0 saturated carbocycles. The van der Waals surface area contributed by atoms with Crippen LogP contribution in [0.25, 0.3) is 10.1 Å². The van der Waals surface area contributed by atoms with Gasteiger partial charge in [0.05, 0.1) is 23.1 Å². The molecule has 110 valence electrons. The summed E-state index contributed by atoms with van der Waals surface area (Å²) in [5, 5.41) is 9.18. The Morgan fingerprint density at radius 1 is 1.57 bits per heavy atom.